The van der Waals surface area contributed by atoms with Gasteiger partial charge in [0.1, 0.15) is 23.1 Å². The number of hydrogen-bond acceptors (Lipinski definition) is 6. The summed E-state index contributed by atoms with van der Waals surface area (Å²) in [5.74, 6) is 0.226. The van der Waals surface area contributed by atoms with E-state index in [-0.39, 0.29) is 17.1 Å². The number of halogens is 3. The predicted molar refractivity (Wildman–Crippen MR) is 116 cm³/mol. The van der Waals surface area contributed by atoms with Crippen LogP contribution in [0.1, 0.15) is 11.1 Å². The van der Waals surface area contributed by atoms with Gasteiger partial charge in [0.15, 0.2) is 0 Å². The lowest BCUT2D eigenvalue weighted by atomic mass is 10.2. The van der Waals surface area contributed by atoms with Crippen LogP contribution in [0.2, 0.25) is 0 Å². The summed E-state index contributed by atoms with van der Waals surface area (Å²) in [6, 6.07) is 12.4. The summed E-state index contributed by atoms with van der Waals surface area (Å²) in [4.78, 5) is 4.19. The lowest BCUT2D eigenvalue weighted by Crippen LogP contribution is -2.17. The standard InChI is InChI=1S/C22H22F3N3O2S/c1-14-10-20(17(23)12-18(14)27(2)25)31-28(22-7-5-6-21(24)26-22)13-15-8-9-16(29-3)11-19(15)30-4/h5-12H,13H2,1-4H3. The second-order valence-electron chi connectivity index (χ2n) is 6.67. The topological polar surface area (TPSA) is 37.8 Å². The fourth-order valence-electron chi connectivity index (χ4n) is 3.00. The fraction of sp³-hybridized carbons (Fsp3) is 0.227. The van der Waals surface area contributed by atoms with Crippen LogP contribution in [0.3, 0.4) is 0 Å². The van der Waals surface area contributed by atoms with Crippen LogP contribution in [-0.4, -0.2) is 26.3 Å². The van der Waals surface area contributed by atoms with Gasteiger partial charge in [0.25, 0.3) is 0 Å². The first-order valence-corrected chi connectivity index (χ1v) is 10.1. The maximum atomic E-state index is 14.8. The second-order valence-corrected chi connectivity index (χ2v) is 7.73. The molecular weight excluding hydrogens is 427 g/mol. The number of benzene rings is 2. The molecule has 2 aromatic carbocycles. The molecule has 0 aliphatic carbocycles. The van der Waals surface area contributed by atoms with Crippen LogP contribution in [-0.2, 0) is 6.54 Å². The first-order valence-electron chi connectivity index (χ1n) is 9.31. The van der Waals surface area contributed by atoms with E-state index in [9.17, 15) is 13.3 Å². The molecule has 0 aliphatic rings. The van der Waals surface area contributed by atoms with Crippen LogP contribution in [0.4, 0.5) is 24.8 Å². The van der Waals surface area contributed by atoms with E-state index in [1.165, 1.54) is 26.3 Å². The average molecular weight is 449 g/mol. The Labute approximate surface area is 183 Å². The Bertz CT molecular complexity index is 1070. The molecule has 3 rings (SSSR count). The highest BCUT2D eigenvalue weighted by Gasteiger charge is 2.19. The number of aryl methyl sites for hydroxylation is 1. The minimum absolute atomic E-state index is 0.133. The molecular formula is C22H22F3N3O2S. The number of nitrogens with zero attached hydrogens (tertiary/aromatic N) is 3. The van der Waals surface area contributed by atoms with Gasteiger partial charge in [-0.15, -0.1) is 4.48 Å². The second kappa shape index (κ2) is 9.82. The summed E-state index contributed by atoms with van der Waals surface area (Å²) in [6.07, 6.45) is 0. The van der Waals surface area contributed by atoms with Gasteiger partial charge in [-0.05, 0) is 54.8 Å². The van der Waals surface area contributed by atoms with Gasteiger partial charge in [-0.1, -0.05) is 6.07 Å². The lowest BCUT2D eigenvalue weighted by molar-refractivity contribution is 0.391. The van der Waals surface area contributed by atoms with E-state index in [1.807, 2.05) is 6.07 Å². The smallest absolute Gasteiger partial charge is 0.214 e. The van der Waals surface area contributed by atoms with Crippen molar-refractivity contribution in [2.75, 3.05) is 30.7 Å². The number of ether oxygens (including phenoxy) is 2. The highest BCUT2D eigenvalue weighted by Crippen LogP contribution is 2.36. The molecule has 1 aromatic heterocycles. The van der Waals surface area contributed by atoms with Crippen LogP contribution >= 0.6 is 11.9 Å². The van der Waals surface area contributed by atoms with E-state index in [0.717, 1.165) is 23.6 Å². The SMILES string of the molecule is COc1ccc(CN(Sc2cc(C)c(N(C)F)cc2F)c2cccc(F)n2)c(OC)c1. The zero-order valence-electron chi connectivity index (χ0n) is 17.5. The number of hydrogen-bond donors (Lipinski definition) is 0. The van der Waals surface area contributed by atoms with Crippen molar-refractivity contribution in [2.24, 2.45) is 0 Å². The maximum Gasteiger partial charge on any atom is 0.214 e. The van der Waals surface area contributed by atoms with Crippen LogP contribution in [0.25, 0.3) is 0 Å². The van der Waals surface area contributed by atoms with E-state index < -0.39 is 11.8 Å². The molecule has 164 valence electrons. The molecule has 9 heteroatoms. The molecule has 0 saturated carbocycles. The zero-order valence-corrected chi connectivity index (χ0v) is 18.3. The number of anilines is 2. The Kier molecular flexibility index (Phi) is 7.17. The molecule has 0 aliphatic heterocycles. The van der Waals surface area contributed by atoms with Gasteiger partial charge in [-0.3, -0.25) is 4.31 Å². The largest absolute Gasteiger partial charge is 0.497 e. The Hall–Kier alpha value is -3.07. The van der Waals surface area contributed by atoms with Gasteiger partial charge in [0, 0.05) is 24.7 Å². The van der Waals surface area contributed by atoms with Gasteiger partial charge >= 0.3 is 0 Å². The van der Waals surface area contributed by atoms with E-state index in [4.69, 9.17) is 9.47 Å². The Morgan fingerprint density at radius 1 is 1.03 bits per heavy atom. The lowest BCUT2D eigenvalue weighted by Gasteiger charge is -2.24. The van der Waals surface area contributed by atoms with Gasteiger partial charge in [-0.25, -0.2) is 14.5 Å². The number of aromatic nitrogens is 1. The molecule has 0 bridgehead atoms. The summed E-state index contributed by atoms with van der Waals surface area (Å²) in [7, 11) is 4.29. The fourth-order valence-corrected chi connectivity index (χ4v) is 4.01. The normalized spacial score (nSPS) is 10.7. The van der Waals surface area contributed by atoms with Crippen LogP contribution < -0.4 is 18.9 Å². The van der Waals surface area contributed by atoms with Crippen molar-refractivity contribution in [1.82, 2.24) is 4.98 Å². The molecule has 0 radical (unpaired) electrons. The zero-order chi connectivity index (χ0) is 22.5. The van der Waals surface area contributed by atoms with Gasteiger partial charge in [-0.2, -0.15) is 4.39 Å². The molecule has 0 fully saturated rings. The maximum absolute atomic E-state index is 14.8. The van der Waals surface area contributed by atoms with Crippen molar-refractivity contribution in [3.05, 3.63) is 71.4 Å². The van der Waals surface area contributed by atoms with Gasteiger partial charge in [0.05, 0.1) is 31.3 Å². The molecule has 0 unspecified atom stereocenters. The van der Waals surface area contributed by atoms with Crippen molar-refractivity contribution in [3.63, 3.8) is 0 Å². The third kappa shape index (κ3) is 5.35. The van der Waals surface area contributed by atoms with Crippen molar-refractivity contribution < 1.29 is 22.7 Å². The predicted octanol–water partition coefficient (Wildman–Crippen LogP) is 5.72. The molecule has 0 amide bonds. The Morgan fingerprint density at radius 3 is 2.45 bits per heavy atom. The molecule has 0 spiro atoms. The van der Waals surface area contributed by atoms with Crippen LogP contribution in [0.5, 0.6) is 11.5 Å². The van der Waals surface area contributed by atoms with Crippen LogP contribution in [0, 0.1) is 18.7 Å². The molecule has 31 heavy (non-hydrogen) atoms. The number of pyridine rings is 1. The monoisotopic (exact) mass is 449 g/mol. The quantitative estimate of drug-likeness (QED) is 0.249. The molecule has 0 N–H and O–H groups in total. The molecule has 0 atom stereocenters. The van der Waals surface area contributed by atoms with Crippen molar-refractivity contribution >= 4 is 23.5 Å². The van der Waals surface area contributed by atoms with E-state index in [0.29, 0.717) is 28.0 Å². The molecule has 0 saturated heterocycles. The summed E-state index contributed by atoms with van der Waals surface area (Å²) in [6.45, 7) is 1.92. The molecule has 3 aromatic rings. The van der Waals surface area contributed by atoms with Gasteiger partial charge < -0.3 is 9.47 Å². The number of rotatable bonds is 8. The minimum Gasteiger partial charge on any atom is -0.497 e. The third-order valence-electron chi connectivity index (χ3n) is 4.56. The van der Waals surface area contributed by atoms with Crippen LogP contribution in [0.15, 0.2) is 53.4 Å². The summed E-state index contributed by atoms with van der Waals surface area (Å²) in [5, 5.41) is 0.362. The highest BCUT2D eigenvalue weighted by atomic mass is 32.2. The third-order valence-corrected chi connectivity index (χ3v) is 5.60. The summed E-state index contributed by atoms with van der Waals surface area (Å²) in [5.41, 5.74) is 1.45. The van der Waals surface area contributed by atoms with E-state index >= 15 is 0 Å². The first-order chi connectivity index (χ1) is 14.8. The van der Waals surface area contributed by atoms with E-state index in [1.54, 1.807) is 42.6 Å². The highest BCUT2D eigenvalue weighted by molar-refractivity contribution is 8.00. The van der Waals surface area contributed by atoms with Crippen molar-refractivity contribution in [3.8, 4) is 11.5 Å². The van der Waals surface area contributed by atoms with E-state index in [2.05, 4.69) is 4.98 Å². The Morgan fingerprint density at radius 2 is 1.81 bits per heavy atom. The minimum atomic E-state index is -0.657. The van der Waals surface area contributed by atoms with Crippen molar-refractivity contribution in [2.45, 2.75) is 18.4 Å². The Balaban J connectivity index is 2.00. The van der Waals surface area contributed by atoms with Gasteiger partial charge in [0.2, 0.25) is 5.95 Å². The molecule has 5 nitrogen and oxygen atoms in total. The molecule has 1 heterocycles. The average Bonchev–Trinajstić information content (AvgIpc) is 2.75. The first kappa shape index (κ1) is 22.6. The summed E-state index contributed by atoms with van der Waals surface area (Å²) < 4.78 is 54.5. The number of methoxy groups -OCH3 is 2. The van der Waals surface area contributed by atoms with Crippen molar-refractivity contribution in [1.29, 1.82) is 0 Å². The summed E-state index contributed by atoms with van der Waals surface area (Å²) >= 11 is 1.04.